The van der Waals surface area contributed by atoms with E-state index in [0.717, 1.165) is 0 Å². The topological polar surface area (TPSA) is 46.0 Å². The van der Waals surface area contributed by atoms with Crippen molar-refractivity contribution < 1.29 is 4.52 Å². The molecule has 0 fully saturated rings. The predicted molar refractivity (Wildman–Crippen MR) is 42.2 cm³/mol. The summed E-state index contributed by atoms with van der Waals surface area (Å²) in [5, 5.41) is 2.74. The van der Waals surface area contributed by atoms with Crippen LogP contribution in [0.15, 0.2) is 27.5 Å². The van der Waals surface area contributed by atoms with Crippen LogP contribution in [-0.4, -0.2) is 13.0 Å². The first kappa shape index (κ1) is 6.28. The maximum Gasteiger partial charge on any atom is 0.287 e. The van der Waals surface area contributed by atoms with Crippen LogP contribution in [0.5, 0.6) is 0 Å². The van der Waals surface area contributed by atoms with Crippen LogP contribution in [-0.2, 0) is 0 Å². The SMILES string of the molecule is [B]c1ccc2c(=O)[nH]oc2c1. The van der Waals surface area contributed by atoms with E-state index in [1.165, 1.54) is 0 Å². The molecule has 52 valence electrons. The van der Waals surface area contributed by atoms with Crippen molar-refractivity contribution in [3.63, 3.8) is 0 Å². The number of hydrogen-bond donors (Lipinski definition) is 1. The number of rotatable bonds is 0. The maximum atomic E-state index is 10.9. The third-order valence-corrected chi connectivity index (χ3v) is 1.50. The minimum absolute atomic E-state index is 0.222. The van der Waals surface area contributed by atoms with Gasteiger partial charge >= 0.3 is 0 Å². The summed E-state index contributed by atoms with van der Waals surface area (Å²) in [5.74, 6) is 0. The van der Waals surface area contributed by atoms with Crippen LogP contribution in [0.1, 0.15) is 0 Å². The van der Waals surface area contributed by atoms with Crippen LogP contribution >= 0.6 is 0 Å². The molecule has 0 atom stereocenters. The molecule has 1 heterocycles. The molecule has 2 aromatic rings. The monoisotopic (exact) mass is 145 g/mol. The Morgan fingerprint density at radius 3 is 3.09 bits per heavy atom. The standard InChI is InChI=1S/C7H4BNO2/c8-4-1-2-5-6(3-4)11-9-7(5)10/h1-3H,(H,9,10). The number of aromatic nitrogens is 1. The lowest BCUT2D eigenvalue weighted by molar-refractivity contribution is 0.449. The lowest BCUT2D eigenvalue weighted by Gasteiger charge is -1.87. The summed E-state index contributed by atoms with van der Waals surface area (Å²) in [4.78, 5) is 10.9. The van der Waals surface area contributed by atoms with Crippen LogP contribution in [0, 0.1) is 0 Å². The lowest BCUT2D eigenvalue weighted by atomic mass is 9.96. The number of fused-ring (bicyclic) bond motifs is 1. The van der Waals surface area contributed by atoms with Gasteiger partial charge in [-0.15, -0.1) is 0 Å². The minimum Gasteiger partial charge on any atom is -0.378 e. The zero-order chi connectivity index (χ0) is 7.84. The molecule has 3 nitrogen and oxygen atoms in total. The van der Waals surface area contributed by atoms with Crippen LogP contribution in [0.3, 0.4) is 0 Å². The highest BCUT2D eigenvalue weighted by atomic mass is 16.5. The van der Waals surface area contributed by atoms with Gasteiger partial charge in [-0.05, 0) is 12.1 Å². The summed E-state index contributed by atoms with van der Waals surface area (Å²) in [6.45, 7) is 0. The van der Waals surface area contributed by atoms with Gasteiger partial charge in [0.1, 0.15) is 7.85 Å². The summed E-state index contributed by atoms with van der Waals surface area (Å²) in [7, 11) is 5.46. The highest BCUT2D eigenvalue weighted by molar-refractivity contribution is 6.33. The smallest absolute Gasteiger partial charge is 0.287 e. The van der Waals surface area contributed by atoms with Gasteiger partial charge < -0.3 is 4.52 Å². The molecule has 0 saturated carbocycles. The van der Waals surface area contributed by atoms with Crippen molar-refractivity contribution in [3.8, 4) is 0 Å². The molecule has 0 unspecified atom stereocenters. The van der Waals surface area contributed by atoms with Crippen molar-refractivity contribution in [3.05, 3.63) is 28.6 Å². The predicted octanol–water partition coefficient (Wildman–Crippen LogP) is -0.0851. The average Bonchev–Trinajstić information content (AvgIpc) is 2.32. The van der Waals surface area contributed by atoms with Gasteiger partial charge in [0.15, 0.2) is 5.58 Å². The van der Waals surface area contributed by atoms with E-state index in [-0.39, 0.29) is 5.56 Å². The summed E-state index contributed by atoms with van der Waals surface area (Å²) in [6, 6.07) is 4.90. The first-order valence-electron chi connectivity index (χ1n) is 3.14. The highest BCUT2D eigenvalue weighted by Crippen LogP contribution is 2.04. The van der Waals surface area contributed by atoms with E-state index in [1.807, 2.05) is 0 Å². The fourth-order valence-electron chi connectivity index (χ4n) is 0.967. The first-order chi connectivity index (χ1) is 5.27. The molecule has 2 rings (SSSR count). The van der Waals surface area contributed by atoms with Gasteiger partial charge in [0.2, 0.25) is 0 Å². The van der Waals surface area contributed by atoms with Crippen molar-refractivity contribution in [2.45, 2.75) is 0 Å². The molecule has 0 aliphatic carbocycles. The van der Waals surface area contributed by atoms with Crippen molar-refractivity contribution >= 4 is 24.3 Å². The number of hydrogen-bond acceptors (Lipinski definition) is 2. The lowest BCUT2D eigenvalue weighted by Crippen LogP contribution is -2.01. The molecule has 1 N–H and O–H groups in total. The van der Waals surface area contributed by atoms with Crippen molar-refractivity contribution in [1.29, 1.82) is 0 Å². The van der Waals surface area contributed by atoms with Gasteiger partial charge in [-0.1, -0.05) is 11.5 Å². The van der Waals surface area contributed by atoms with E-state index < -0.39 is 0 Å². The zero-order valence-electron chi connectivity index (χ0n) is 5.63. The molecular weight excluding hydrogens is 141 g/mol. The molecule has 0 amide bonds. The highest BCUT2D eigenvalue weighted by Gasteiger charge is 2.00. The van der Waals surface area contributed by atoms with Crippen LogP contribution in [0.4, 0.5) is 0 Å². The van der Waals surface area contributed by atoms with E-state index in [2.05, 4.69) is 5.16 Å². The summed E-state index contributed by atoms with van der Waals surface area (Å²) in [5.41, 5.74) is 0.857. The van der Waals surface area contributed by atoms with E-state index in [1.54, 1.807) is 18.2 Å². The molecule has 0 saturated heterocycles. The Morgan fingerprint density at radius 1 is 1.45 bits per heavy atom. The Labute approximate surface area is 63.4 Å². The van der Waals surface area contributed by atoms with Gasteiger partial charge in [0.05, 0.1) is 5.39 Å². The summed E-state index contributed by atoms with van der Waals surface area (Å²) < 4.78 is 4.81. The van der Waals surface area contributed by atoms with E-state index in [9.17, 15) is 4.79 Å². The van der Waals surface area contributed by atoms with E-state index >= 15 is 0 Å². The molecule has 0 aliphatic rings. The summed E-state index contributed by atoms with van der Waals surface area (Å²) in [6.07, 6.45) is 0. The van der Waals surface area contributed by atoms with E-state index in [4.69, 9.17) is 12.4 Å². The number of aromatic amines is 1. The Hall–Kier alpha value is -1.45. The second-order valence-electron chi connectivity index (χ2n) is 2.29. The fourth-order valence-corrected chi connectivity index (χ4v) is 0.967. The third kappa shape index (κ3) is 0.870. The Balaban J connectivity index is 2.97. The van der Waals surface area contributed by atoms with Crippen LogP contribution < -0.4 is 11.0 Å². The molecular formula is C7H4BNO2. The van der Waals surface area contributed by atoms with Crippen molar-refractivity contribution in [2.75, 3.05) is 0 Å². The van der Waals surface area contributed by atoms with Gasteiger partial charge in [0, 0.05) is 0 Å². The number of H-pyrrole nitrogens is 1. The van der Waals surface area contributed by atoms with Gasteiger partial charge in [-0.2, -0.15) is 5.16 Å². The largest absolute Gasteiger partial charge is 0.378 e. The minimum atomic E-state index is -0.222. The zero-order valence-corrected chi connectivity index (χ0v) is 5.63. The van der Waals surface area contributed by atoms with Crippen LogP contribution in [0.25, 0.3) is 11.0 Å². The van der Waals surface area contributed by atoms with Gasteiger partial charge in [-0.3, -0.25) is 4.79 Å². The van der Waals surface area contributed by atoms with Crippen molar-refractivity contribution in [2.24, 2.45) is 0 Å². The maximum absolute atomic E-state index is 10.9. The second-order valence-corrected chi connectivity index (χ2v) is 2.29. The molecule has 11 heavy (non-hydrogen) atoms. The molecule has 2 radical (unpaired) electrons. The molecule has 4 heteroatoms. The number of nitrogens with one attached hydrogen (secondary N) is 1. The fraction of sp³-hybridized carbons (Fsp3) is 0. The molecule has 1 aromatic heterocycles. The normalized spacial score (nSPS) is 10.5. The van der Waals surface area contributed by atoms with E-state index in [0.29, 0.717) is 16.4 Å². The van der Waals surface area contributed by atoms with Gasteiger partial charge in [0.25, 0.3) is 5.56 Å². The third-order valence-electron chi connectivity index (χ3n) is 1.50. The van der Waals surface area contributed by atoms with Gasteiger partial charge in [-0.25, -0.2) is 0 Å². The second kappa shape index (κ2) is 2.02. The Morgan fingerprint density at radius 2 is 2.27 bits per heavy atom. The van der Waals surface area contributed by atoms with Crippen molar-refractivity contribution in [1.82, 2.24) is 5.16 Å². The number of benzene rings is 1. The first-order valence-corrected chi connectivity index (χ1v) is 3.14. The molecule has 0 aliphatic heterocycles. The molecule has 0 spiro atoms. The molecule has 1 aromatic carbocycles. The average molecular weight is 145 g/mol. The quantitative estimate of drug-likeness (QED) is 0.526. The Kier molecular flexibility index (Phi) is 1.15. The summed E-state index contributed by atoms with van der Waals surface area (Å²) >= 11 is 0. The molecule has 0 bridgehead atoms. The van der Waals surface area contributed by atoms with Crippen LogP contribution in [0.2, 0.25) is 0 Å². The Bertz CT molecular complexity index is 443.